The monoisotopic (exact) mass is 526 g/mol. The molecule has 3 aromatic rings. The zero-order valence-corrected chi connectivity index (χ0v) is 22.4. The summed E-state index contributed by atoms with van der Waals surface area (Å²) in [6.45, 7) is 10.1. The van der Waals surface area contributed by atoms with Crippen molar-refractivity contribution < 1.29 is 19.4 Å². The summed E-state index contributed by atoms with van der Waals surface area (Å²) in [7, 11) is -4.25. The number of amides is 1. The number of aromatic nitrogens is 3. The molecule has 1 unspecified atom stereocenters. The number of carbonyl (C=O) groups is 1. The maximum atomic E-state index is 13.4. The predicted octanol–water partition coefficient (Wildman–Crippen LogP) is 4.04. The normalized spacial score (nSPS) is 17.1. The number of nitrogen functional groups attached to an aromatic ring is 1. The van der Waals surface area contributed by atoms with Crippen molar-refractivity contribution in [1.82, 2.24) is 19.7 Å². The Kier molecular flexibility index (Phi) is 7.09. The molecule has 37 heavy (non-hydrogen) atoms. The lowest BCUT2D eigenvalue weighted by Gasteiger charge is -2.37. The highest BCUT2D eigenvalue weighted by Gasteiger charge is 2.40. The Morgan fingerprint density at radius 1 is 1.19 bits per heavy atom. The number of ether oxygens (including phenoxy) is 1. The molecule has 198 valence electrons. The summed E-state index contributed by atoms with van der Waals surface area (Å²) in [6, 6.07) is 11.2. The Labute approximate surface area is 218 Å². The fraction of sp³-hybridized carbons (Fsp3) is 0.385. The molecule has 10 nitrogen and oxygen atoms in total. The maximum Gasteiger partial charge on any atom is 0.281 e. The van der Waals surface area contributed by atoms with Gasteiger partial charge in [0.25, 0.3) is 15.9 Å². The number of nitrogens with zero attached hydrogens (tertiary/aromatic N) is 4. The van der Waals surface area contributed by atoms with Gasteiger partial charge < -0.3 is 15.4 Å². The number of nitrogens with one attached hydrogen (secondary N) is 1. The molecule has 4 rings (SSSR count). The van der Waals surface area contributed by atoms with Crippen molar-refractivity contribution in [1.29, 1.82) is 0 Å². The molecular formula is C26H34N6O4S. The summed E-state index contributed by atoms with van der Waals surface area (Å²) in [5, 5.41) is -0.336. The largest absolute Gasteiger partial charge is 0.475 e. The third kappa shape index (κ3) is 5.66. The fourth-order valence-corrected chi connectivity index (χ4v) is 5.47. The van der Waals surface area contributed by atoms with Crippen LogP contribution in [-0.2, 0) is 10.0 Å². The van der Waals surface area contributed by atoms with Gasteiger partial charge in [0.1, 0.15) is 11.6 Å². The molecule has 4 heterocycles. The highest BCUT2D eigenvalue weighted by Crippen LogP contribution is 2.39. The highest BCUT2D eigenvalue weighted by atomic mass is 32.2. The van der Waals surface area contributed by atoms with Crippen molar-refractivity contribution >= 4 is 27.6 Å². The van der Waals surface area contributed by atoms with Crippen LogP contribution in [0.1, 0.15) is 59.2 Å². The molecule has 0 aliphatic carbocycles. The van der Waals surface area contributed by atoms with Crippen molar-refractivity contribution in [2.75, 3.05) is 10.6 Å². The van der Waals surface area contributed by atoms with Crippen LogP contribution < -0.4 is 20.1 Å². The molecule has 0 saturated carbocycles. The van der Waals surface area contributed by atoms with Crippen molar-refractivity contribution in [2.45, 2.75) is 70.2 Å². The molecule has 0 bridgehead atoms. The molecule has 11 heteroatoms. The number of pyridine rings is 3. The first kappa shape index (κ1) is 26.3. The fourth-order valence-electron chi connectivity index (χ4n) is 4.53. The molecule has 3 aromatic heterocycles. The van der Waals surface area contributed by atoms with E-state index in [0.717, 1.165) is 18.4 Å². The Bertz CT molecular complexity index is 1410. The number of nitrogens with two attached hydrogens (primary N) is 1. The van der Waals surface area contributed by atoms with Crippen LogP contribution in [0.4, 0.5) is 11.6 Å². The molecule has 1 aliphatic rings. The number of hydrogen-bond donors (Lipinski definition) is 2. The first-order valence-corrected chi connectivity index (χ1v) is 13.6. The third-order valence-corrected chi connectivity index (χ3v) is 7.48. The lowest BCUT2D eigenvalue weighted by atomic mass is 10.0. The van der Waals surface area contributed by atoms with Crippen molar-refractivity contribution in [3.8, 4) is 17.1 Å². The second-order valence-corrected chi connectivity index (χ2v) is 11.7. The predicted molar refractivity (Wildman–Crippen MR) is 144 cm³/mol. The topological polar surface area (TPSA) is 140 Å². The van der Waals surface area contributed by atoms with Gasteiger partial charge in [-0.1, -0.05) is 6.07 Å². The zero-order chi connectivity index (χ0) is 27.0. The summed E-state index contributed by atoms with van der Waals surface area (Å²) in [5.74, 6) is 0.146. The first-order valence-electron chi connectivity index (χ1n) is 12.1. The van der Waals surface area contributed by atoms with Gasteiger partial charge in [0.05, 0.1) is 17.4 Å². The van der Waals surface area contributed by atoms with Crippen molar-refractivity contribution in [3.63, 3.8) is 0 Å². The molecule has 0 aromatic carbocycles. The quantitative estimate of drug-likeness (QED) is 0.466. The van der Waals surface area contributed by atoms with Crippen LogP contribution in [0.5, 0.6) is 5.88 Å². The van der Waals surface area contributed by atoms with Gasteiger partial charge in [-0.05, 0) is 77.8 Å². The minimum Gasteiger partial charge on any atom is -0.475 e. The number of carbonyl (C=O) groups excluding carboxylic acids is 1. The van der Waals surface area contributed by atoms with Crippen molar-refractivity contribution in [3.05, 3.63) is 54.2 Å². The van der Waals surface area contributed by atoms with E-state index < -0.39 is 15.9 Å². The molecule has 1 atom stereocenters. The van der Waals surface area contributed by atoms with Crippen LogP contribution >= 0.6 is 0 Å². The Hall–Kier alpha value is -3.73. The lowest BCUT2D eigenvalue weighted by Crippen LogP contribution is -2.44. The summed E-state index contributed by atoms with van der Waals surface area (Å²) in [5.41, 5.74) is 6.83. The van der Waals surface area contributed by atoms with E-state index in [0.29, 0.717) is 17.4 Å². The molecule has 3 N–H and O–H groups in total. The Morgan fingerprint density at radius 3 is 2.54 bits per heavy atom. The summed E-state index contributed by atoms with van der Waals surface area (Å²) in [4.78, 5) is 28.5. The van der Waals surface area contributed by atoms with Crippen LogP contribution in [-0.4, -0.2) is 47.0 Å². The van der Waals surface area contributed by atoms with Crippen LogP contribution in [0.3, 0.4) is 0 Å². The van der Waals surface area contributed by atoms with Gasteiger partial charge in [-0.2, -0.15) is 8.42 Å². The third-order valence-electron chi connectivity index (χ3n) is 6.25. The molecule has 0 spiro atoms. The Balaban J connectivity index is 0.00000400. The van der Waals surface area contributed by atoms with Gasteiger partial charge in [-0.25, -0.2) is 19.7 Å². The maximum absolute atomic E-state index is 13.4. The second-order valence-electron chi connectivity index (χ2n) is 10.0. The van der Waals surface area contributed by atoms with E-state index >= 15 is 0 Å². The van der Waals surface area contributed by atoms with Crippen molar-refractivity contribution in [2.24, 2.45) is 0 Å². The Morgan fingerprint density at radius 2 is 1.95 bits per heavy atom. The molecule has 1 saturated heterocycles. The summed E-state index contributed by atoms with van der Waals surface area (Å²) in [6.07, 6.45) is 3.47. The van der Waals surface area contributed by atoms with Gasteiger partial charge in [0, 0.05) is 30.8 Å². The number of rotatable bonds is 7. The molecule has 1 fully saturated rings. The van der Waals surface area contributed by atoms with Gasteiger partial charge in [-0.3, -0.25) is 4.79 Å². The number of sulfonamides is 1. The summed E-state index contributed by atoms with van der Waals surface area (Å²) < 4.78 is 33.5. The lowest BCUT2D eigenvalue weighted by molar-refractivity contribution is 0.0981. The number of hydrogen-bond acceptors (Lipinski definition) is 9. The van der Waals surface area contributed by atoms with E-state index in [-0.39, 0.29) is 35.5 Å². The summed E-state index contributed by atoms with van der Waals surface area (Å²) >= 11 is 0. The van der Waals surface area contributed by atoms with Crippen LogP contribution in [0, 0.1) is 0 Å². The van der Waals surface area contributed by atoms with E-state index in [9.17, 15) is 13.2 Å². The van der Waals surface area contributed by atoms with E-state index in [2.05, 4.69) is 40.4 Å². The van der Waals surface area contributed by atoms with Crippen LogP contribution in [0.15, 0.2) is 53.7 Å². The first-order chi connectivity index (χ1) is 17.4. The SMILES string of the molecule is CC(C)Oc1ccc(-c2ccc(C(=O)NS(=O)(=O)c3cccc(N)n3)c(N3C(C)CCC3(C)C)n2)cn1.[HH]. The zero-order valence-electron chi connectivity index (χ0n) is 21.6. The minimum absolute atomic E-state index is 0. The van der Waals surface area contributed by atoms with E-state index in [4.69, 9.17) is 15.5 Å². The van der Waals surface area contributed by atoms with Crippen LogP contribution in [0.2, 0.25) is 0 Å². The highest BCUT2D eigenvalue weighted by molar-refractivity contribution is 7.90. The van der Waals surface area contributed by atoms with Gasteiger partial charge >= 0.3 is 0 Å². The number of anilines is 2. The smallest absolute Gasteiger partial charge is 0.281 e. The molecular weight excluding hydrogens is 492 g/mol. The molecule has 1 aliphatic heterocycles. The standard InChI is InChI=1S/C26H32N6O4S.H2/c1-16(2)36-22-12-9-18(15-28-22)20-11-10-19(24(29-20)32-17(3)13-14-26(32,4)5)25(33)31-37(34,35)23-8-6-7-21(27)30-23;/h6-12,15-17H,13-14H2,1-5H3,(H2,27,30)(H,31,33);1H. The van der Waals surface area contributed by atoms with Crippen LogP contribution in [0.25, 0.3) is 11.3 Å². The average Bonchev–Trinajstić information content (AvgIpc) is 3.10. The second kappa shape index (κ2) is 9.97. The van der Waals surface area contributed by atoms with E-state index in [1.54, 1.807) is 24.4 Å². The average molecular weight is 527 g/mol. The van der Waals surface area contributed by atoms with Gasteiger partial charge in [0.15, 0.2) is 5.03 Å². The molecule has 1 amide bonds. The van der Waals surface area contributed by atoms with Gasteiger partial charge in [0.2, 0.25) is 5.88 Å². The molecule has 0 radical (unpaired) electrons. The minimum atomic E-state index is -4.25. The van der Waals surface area contributed by atoms with E-state index in [1.807, 2.05) is 19.9 Å². The van der Waals surface area contributed by atoms with Gasteiger partial charge in [-0.15, -0.1) is 0 Å². The van der Waals surface area contributed by atoms with E-state index in [1.165, 1.54) is 18.2 Å².